The van der Waals surface area contributed by atoms with E-state index in [1.54, 1.807) is 18.2 Å². The Balaban J connectivity index is 1.86. The van der Waals surface area contributed by atoms with Crippen molar-refractivity contribution in [1.82, 2.24) is 19.4 Å². The number of nitrogens with one attached hydrogen (secondary N) is 1. The van der Waals surface area contributed by atoms with Gasteiger partial charge in [0.05, 0.1) is 30.8 Å². The van der Waals surface area contributed by atoms with Crippen molar-refractivity contribution in [3.63, 3.8) is 0 Å². The van der Waals surface area contributed by atoms with Crippen LogP contribution in [0.4, 0.5) is 5.95 Å². The lowest BCUT2D eigenvalue weighted by molar-refractivity contribution is 0.0587. The van der Waals surface area contributed by atoms with Crippen molar-refractivity contribution < 1.29 is 14.3 Å². The van der Waals surface area contributed by atoms with E-state index in [9.17, 15) is 14.4 Å². The number of hydrogen-bond acceptors (Lipinski definition) is 8. The maximum Gasteiger partial charge on any atom is 0.354 e. The zero-order valence-electron chi connectivity index (χ0n) is 18.5. The summed E-state index contributed by atoms with van der Waals surface area (Å²) in [6, 6.07) is 9.72. The summed E-state index contributed by atoms with van der Waals surface area (Å²) in [5, 5.41) is 12.4. The lowest BCUT2D eigenvalue weighted by atomic mass is 10.1. The number of aromatic nitrogens is 3. The molecule has 0 atom stereocenters. The number of anilines is 1. The lowest BCUT2D eigenvalue weighted by Crippen LogP contribution is -2.44. The molecule has 1 aliphatic heterocycles. The summed E-state index contributed by atoms with van der Waals surface area (Å²) in [6.07, 6.45) is 0. The molecule has 10 heteroatoms. The van der Waals surface area contributed by atoms with Crippen molar-refractivity contribution >= 4 is 28.7 Å². The second-order valence-corrected chi connectivity index (χ2v) is 7.66. The van der Waals surface area contributed by atoms with Gasteiger partial charge in [-0.25, -0.2) is 9.78 Å². The number of methoxy groups -OCH3 is 1. The van der Waals surface area contributed by atoms with Gasteiger partial charge in [0.25, 0.3) is 5.56 Å². The standard InChI is InChI=1S/C23H24N6O4/c1-3-28-20-17(26-23(28)27-9-7-25-8-10-27)12-18(22(32)33-2)29(21(20)31)14-19(30)16-6-4-5-15(11-16)13-24/h4-6,11-12,25H,3,7-10,14H2,1-2H3. The average Bonchev–Trinajstić information content (AvgIpc) is 3.24. The molecule has 0 amide bonds. The summed E-state index contributed by atoms with van der Waals surface area (Å²) in [7, 11) is 1.22. The smallest absolute Gasteiger partial charge is 0.354 e. The highest BCUT2D eigenvalue weighted by molar-refractivity contribution is 5.98. The number of Topliss-reactive ketones (excluding diaryl/α,β-unsaturated/α-hetero) is 1. The number of esters is 1. The zero-order chi connectivity index (χ0) is 23.5. The van der Waals surface area contributed by atoms with Gasteiger partial charge in [-0.05, 0) is 25.1 Å². The zero-order valence-corrected chi connectivity index (χ0v) is 18.5. The number of hydrogen-bond donors (Lipinski definition) is 1. The first-order chi connectivity index (χ1) is 16.0. The SMILES string of the molecule is CCn1c(N2CCNCC2)nc2cc(C(=O)OC)n(CC(=O)c3cccc(C#N)c3)c(=O)c21. The molecule has 1 saturated heterocycles. The molecule has 0 bridgehead atoms. The van der Waals surface area contributed by atoms with Gasteiger partial charge in [-0.1, -0.05) is 12.1 Å². The van der Waals surface area contributed by atoms with Gasteiger partial charge in [0.15, 0.2) is 5.78 Å². The molecule has 2 aromatic heterocycles. The van der Waals surface area contributed by atoms with Crippen molar-refractivity contribution in [2.24, 2.45) is 0 Å². The summed E-state index contributed by atoms with van der Waals surface area (Å²) in [6.45, 7) is 5.15. The predicted octanol–water partition coefficient (Wildman–Crippen LogP) is 1.17. The van der Waals surface area contributed by atoms with Crippen LogP contribution in [0, 0.1) is 11.3 Å². The molecule has 170 valence electrons. The number of aryl methyl sites for hydroxylation is 1. The van der Waals surface area contributed by atoms with Crippen LogP contribution in [0.3, 0.4) is 0 Å². The van der Waals surface area contributed by atoms with Crippen LogP contribution in [0.2, 0.25) is 0 Å². The molecule has 1 aromatic carbocycles. The third-order valence-corrected chi connectivity index (χ3v) is 5.71. The van der Waals surface area contributed by atoms with E-state index in [0.29, 0.717) is 29.1 Å². The van der Waals surface area contributed by atoms with Crippen LogP contribution in [-0.4, -0.2) is 59.2 Å². The summed E-state index contributed by atoms with van der Waals surface area (Å²) in [4.78, 5) is 45.9. The molecule has 0 saturated carbocycles. The Morgan fingerprint density at radius 1 is 1.21 bits per heavy atom. The fourth-order valence-electron chi connectivity index (χ4n) is 4.06. The first kappa shape index (κ1) is 22.2. The summed E-state index contributed by atoms with van der Waals surface area (Å²) < 4.78 is 7.83. The Morgan fingerprint density at radius 2 is 1.97 bits per heavy atom. The first-order valence-corrected chi connectivity index (χ1v) is 10.7. The lowest BCUT2D eigenvalue weighted by Gasteiger charge is -2.28. The number of imidazole rings is 1. The van der Waals surface area contributed by atoms with Gasteiger partial charge >= 0.3 is 5.97 Å². The number of ketones is 1. The van der Waals surface area contributed by atoms with E-state index in [1.807, 2.05) is 17.6 Å². The monoisotopic (exact) mass is 448 g/mol. The van der Waals surface area contributed by atoms with Crippen molar-refractivity contribution in [3.8, 4) is 6.07 Å². The number of fused-ring (bicyclic) bond motifs is 1. The predicted molar refractivity (Wildman–Crippen MR) is 122 cm³/mol. The molecular formula is C23H24N6O4. The number of rotatable bonds is 6. The Kier molecular flexibility index (Phi) is 6.24. The Labute approximate surface area is 190 Å². The fraction of sp³-hybridized carbons (Fsp3) is 0.348. The molecular weight excluding hydrogens is 424 g/mol. The fourth-order valence-corrected chi connectivity index (χ4v) is 4.06. The van der Waals surface area contributed by atoms with Crippen molar-refractivity contribution in [2.45, 2.75) is 20.0 Å². The van der Waals surface area contributed by atoms with Gasteiger partial charge in [0.1, 0.15) is 11.2 Å². The average molecular weight is 448 g/mol. The van der Waals surface area contributed by atoms with Crippen LogP contribution < -0.4 is 15.8 Å². The summed E-state index contributed by atoms with van der Waals surface area (Å²) >= 11 is 0. The molecule has 10 nitrogen and oxygen atoms in total. The summed E-state index contributed by atoms with van der Waals surface area (Å²) in [5.41, 5.74) is 0.785. The molecule has 0 spiro atoms. The van der Waals surface area contributed by atoms with E-state index < -0.39 is 17.3 Å². The highest BCUT2D eigenvalue weighted by Crippen LogP contribution is 2.22. The van der Waals surface area contributed by atoms with Gasteiger partial charge in [-0.3, -0.25) is 14.2 Å². The quantitative estimate of drug-likeness (QED) is 0.440. The molecule has 3 heterocycles. The molecule has 1 aliphatic rings. The highest BCUT2D eigenvalue weighted by atomic mass is 16.5. The number of benzene rings is 1. The van der Waals surface area contributed by atoms with Crippen LogP contribution in [0.1, 0.15) is 33.3 Å². The van der Waals surface area contributed by atoms with E-state index in [-0.39, 0.29) is 17.8 Å². The third kappa shape index (κ3) is 4.10. The molecule has 1 N–H and O–H groups in total. The van der Waals surface area contributed by atoms with Crippen molar-refractivity contribution in [3.05, 3.63) is 57.5 Å². The minimum absolute atomic E-state index is 0.0487. The minimum Gasteiger partial charge on any atom is -0.464 e. The molecule has 0 unspecified atom stereocenters. The van der Waals surface area contributed by atoms with E-state index in [0.717, 1.165) is 30.7 Å². The minimum atomic E-state index is -0.734. The van der Waals surface area contributed by atoms with Gasteiger partial charge in [-0.2, -0.15) is 5.26 Å². The number of carbonyl (C=O) groups is 2. The van der Waals surface area contributed by atoms with Gasteiger partial charge < -0.3 is 19.5 Å². The maximum atomic E-state index is 13.6. The topological polar surface area (TPSA) is 122 Å². The van der Waals surface area contributed by atoms with Crippen LogP contribution in [0.15, 0.2) is 35.1 Å². The normalized spacial score (nSPS) is 13.7. The second kappa shape index (κ2) is 9.26. The number of nitrogens with zero attached hydrogens (tertiary/aromatic N) is 5. The van der Waals surface area contributed by atoms with Gasteiger partial charge in [-0.15, -0.1) is 0 Å². The van der Waals surface area contributed by atoms with E-state index in [1.165, 1.54) is 19.2 Å². The van der Waals surface area contributed by atoms with Crippen LogP contribution in [0.25, 0.3) is 11.0 Å². The Morgan fingerprint density at radius 3 is 2.64 bits per heavy atom. The second-order valence-electron chi connectivity index (χ2n) is 7.66. The number of carbonyl (C=O) groups excluding carboxylic acids is 2. The molecule has 4 rings (SSSR count). The van der Waals surface area contributed by atoms with Crippen molar-refractivity contribution in [1.29, 1.82) is 5.26 Å². The van der Waals surface area contributed by atoms with Gasteiger partial charge in [0.2, 0.25) is 5.95 Å². The van der Waals surface area contributed by atoms with Gasteiger partial charge in [0, 0.05) is 38.3 Å². The number of ether oxygens (including phenoxy) is 1. The molecule has 1 fully saturated rings. The van der Waals surface area contributed by atoms with E-state index in [2.05, 4.69) is 15.2 Å². The number of pyridine rings is 1. The molecule has 3 aromatic rings. The Hall–Kier alpha value is -3.97. The highest BCUT2D eigenvalue weighted by Gasteiger charge is 2.25. The largest absolute Gasteiger partial charge is 0.464 e. The molecule has 33 heavy (non-hydrogen) atoms. The molecule has 0 aliphatic carbocycles. The number of nitriles is 1. The maximum absolute atomic E-state index is 13.6. The van der Waals surface area contributed by atoms with Crippen molar-refractivity contribution in [2.75, 3.05) is 38.2 Å². The number of piperazine rings is 1. The van der Waals surface area contributed by atoms with E-state index >= 15 is 0 Å². The molecule has 0 radical (unpaired) electrons. The van der Waals surface area contributed by atoms with E-state index in [4.69, 9.17) is 10.00 Å². The summed E-state index contributed by atoms with van der Waals surface area (Å²) in [5.74, 6) is -0.473. The van der Waals surface area contributed by atoms with Crippen LogP contribution >= 0.6 is 0 Å². The van der Waals surface area contributed by atoms with Crippen LogP contribution in [0.5, 0.6) is 0 Å². The first-order valence-electron chi connectivity index (χ1n) is 10.7. The van der Waals surface area contributed by atoms with Crippen LogP contribution in [-0.2, 0) is 17.8 Å². The Bertz CT molecular complexity index is 1330. The third-order valence-electron chi connectivity index (χ3n) is 5.71.